The first-order valence-corrected chi connectivity index (χ1v) is 7.55. The van der Waals surface area contributed by atoms with E-state index in [4.69, 9.17) is 13.9 Å². The molecular weight excluding hydrogens is 334 g/mol. The summed E-state index contributed by atoms with van der Waals surface area (Å²) in [6.07, 6.45) is 0.943. The van der Waals surface area contributed by atoms with Gasteiger partial charge in [0.25, 0.3) is 0 Å². The van der Waals surface area contributed by atoms with E-state index in [-0.39, 0.29) is 0 Å². The quantitative estimate of drug-likeness (QED) is 0.759. The number of nitrogens with zero attached hydrogens (tertiary/aromatic N) is 1. The molecule has 0 aliphatic heterocycles. The number of furan rings is 1. The molecule has 0 bridgehead atoms. The van der Waals surface area contributed by atoms with Crippen LogP contribution in [0.1, 0.15) is 11.3 Å². The lowest BCUT2D eigenvalue weighted by Gasteiger charge is -2.15. The average Bonchev–Trinajstić information content (AvgIpc) is 2.89. The molecule has 21 heavy (non-hydrogen) atoms. The van der Waals surface area contributed by atoms with Gasteiger partial charge in [-0.25, -0.2) is 0 Å². The molecule has 0 radical (unpaired) electrons. The normalized spacial score (nSPS) is 10.9. The number of rotatable bonds is 7. The molecule has 114 valence electrons. The Morgan fingerprint density at radius 1 is 1.10 bits per heavy atom. The van der Waals surface area contributed by atoms with Gasteiger partial charge < -0.3 is 13.9 Å². The van der Waals surface area contributed by atoms with Gasteiger partial charge in [-0.15, -0.1) is 0 Å². The lowest BCUT2D eigenvalue weighted by Crippen LogP contribution is -2.20. The first-order valence-electron chi connectivity index (χ1n) is 6.76. The molecule has 0 N–H and O–H groups in total. The average molecular weight is 354 g/mol. The summed E-state index contributed by atoms with van der Waals surface area (Å²) in [6.45, 7) is 1.73. The maximum absolute atomic E-state index is 5.51. The fourth-order valence-electron chi connectivity index (χ4n) is 2.14. The van der Waals surface area contributed by atoms with E-state index in [0.29, 0.717) is 0 Å². The number of halogens is 1. The number of methoxy groups -OCH3 is 2. The van der Waals surface area contributed by atoms with Crippen molar-refractivity contribution in [2.75, 3.05) is 27.8 Å². The monoisotopic (exact) mass is 353 g/mol. The van der Waals surface area contributed by atoms with Crippen LogP contribution in [-0.2, 0) is 13.0 Å². The van der Waals surface area contributed by atoms with Crippen molar-refractivity contribution in [2.24, 2.45) is 0 Å². The predicted octanol–water partition coefficient (Wildman–Crippen LogP) is 3.73. The molecule has 0 spiro atoms. The predicted molar refractivity (Wildman–Crippen MR) is 86.0 cm³/mol. The third-order valence-corrected chi connectivity index (χ3v) is 3.71. The van der Waals surface area contributed by atoms with Gasteiger partial charge in [0.2, 0.25) is 0 Å². The summed E-state index contributed by atoms with van der Waals surface area (Å²) in [7, 11) is 5.38. The lowest BCUT2D eigenvalue weighted by molar-refractivity contribution is 0.295. The standard InChI is InChI=1S/C16H20BrNO3/c1-18(11-13-5-7-16(17)21-13)9-8-12-4-6-14(19-2)15(10-12)20-3/h4-7,10H,8-9,11H2,1-3H3. The number of benzene rings is 1. The van der Waals surface area contributed by atoms with Crippen LogP contribution in [0, 0.1) is 0 Å². The maximum atomic E-state index is 5.51. The van der Waals surface area contributed by atoms with E-state index in [1.54, 1.807) is 14.2 Å². The van der Waals surface area contributed by atoms with Gasteiger partial charge in [0.1, 0.15) is 5.76 Å². The van der Waals surface area contributed by atoms with Crippen molar-refractivity contribution in [3.05, 3.63) is 46.3 Å². The third-order valence-electron chi connectivity index (χ3n) is 3.28. The van der Waals surface area contributed by atoms with Crippen molar-refractivity contribution < 1.29 is 13.9 Å². The van der Waals surface area contributed by atoms with Gasteiger partial charge in [0.05, 0.1) is 20.8 Å². The van der Waals surface area contributed by atoms with Gasteiger partial charge >= 0.3 is 0 Å². The second-order valence-corrected chi connectivity index (χ2v) is 5.66. The minimum absolute atomic E-state index is 0.759. The highest BCUT2D eigenvalue weighted by atomic mass is 79.9. The number of ether oxygens (including phenoxy) is 2. The van der Waals surface area contributed by atoms with Crippen LogP contribution >= 0.6 is 15.9 Å². The fourth-order valence-corrected chi connectivity index (χ4v) is 2.48. The van der Waals surface area contributed by atoms with Gasteiger partial charge in [0.15, 0.2) is 16.2 Å². The molecule has 0 saturated heterocycles. The summed E-state index contributed by atoms with van der Waals surface area (Å²) in [4.78, 5) is 2.22. The molecule has 4 nitrogen and oxygen atoms in total. The van der Waals surface area contributed by atoms with Crippen LogP contribution in [0.2, 0.25) is 0 Å². The zero-order valence-electron chi connectivity index (χ0n) is 12.6. The molecule has 2 aromatic rings. The van der Waals surface area contributed by atoms with E-state index >= 15 is 0 Å². The first kappa shape index (κ1) is 15.9. The molecule has 1 aromatic heterocycles. The van der Waals surface area contributed by atoms with Gasteiger partial charge in [0, 0.05) is 6.54 Å². The van der Waals surface area contributed by atoms with Crippen LogP contribution in [0.5, 0.6) is 11.5 Å². The largest absolute Gasteiger partial charge is 0.493 e. The van der Waals surface area contributed by atoms with Crippen LogP contribution in [0.25, 0.3) is 0 Å². The maximum Gasteiger partial charge on any atom is 0.169 e. The molecule has 0 amide bonds. The highest BCUT2D eigenvalue weighted by Gasteiger charge is 2.07. The first-order chi connectivity index (χ1) is 10.1. The van der Waals surface area contributed by atoms with Crippen molar-refractivity contribution in [2.45, 2.75) is 13.0 Å². The Kier molecular flexibility index (Phi) is 5.70. The summed E-state index contributed by atoms with van der Waals surface area (Å²) >= 11 is 3.32. The van der Waals surface area contributed by atoms with Crippen LogP contribution in [0.3, 0.4) is 0 Å². The molecule has 1 aromatic carbocycles. The minimum atomic E-state index is 0.759. The molecule has 0 aliphatic rings. The molecule has 1 heterocycles. The zero-order chi connectivity index (χ0) is 15.2. The Morgan fingerprint density at radius 3 is 2.48 bits per heavy atom. The molecule has 5 heteroatoms. The summed E-state index contributed by atoms with van der Waals surface area (Å²) in [6, 6.07) is 9.93. The molecule has 0 fully saturated rings. The molecule has 2 rings (SSSR count). The molecule has 0 aliphatic carbocycles. The molecule has 0 unspecified atom stereocenters. The second kappa shape index (κ2) is 7.52. The van der Waals surface area contributed by atoms with E-state index in [9.17, 15) is 0 Å². The van der Waals surface area contributed by atoms with Crippen molar-refractivity contribution in [1.82, 2.24) is 4.90 Å². The number of hydrogen-bond acceptors (Lipinski definition) is 4. The topological polar surface area (TPSA) is 34.8 Å². The van der Waals surface area contributed by atoms with E-state index in [0.717, 1.165) is 41.4 Å². The fraction of sp³-hybridized carbons (Fsp3) is 0.375. The van der Waals surface area contributed by atoms with Crippen LogP contribution in [0.4, 0.5) is 0 Å². The van der Waals surface area contributed by atoms with E-state index < -0.39 is 0 Å². The highest BCUT2D eigenvalue weighted by Crippen LogP contribution is 2.27. The van der Waals surface area contributed by atoms with E-state index in [1.165, 1.54) is 5.56 Å². The Morgan fingerprint density at radius 2 is 1.86 bits per heavy atom. The smallest absolute Gasteiger partial charge is 0.169 e. The van der Waals surface area contributed by atoms with Crippen molar-refractivity contribution >= 4 is 15.9 Å². The second-order valence-electron chi connectivity index (χ2n) is 4.88. The van der Waals surface area contributed by atoms with Gasteiger partial charge in [-0.05, 0) is 59.2 Å². The van der Waals surface area contributed by atoms with Crippen molar-refractivity contribution in [3.8, 4) is 11.5 Å². The van der Waals surface area contributed by atoms with E-state index in [1.807, 2.05) is 24.3 Å². The molecule has 0 saturated carbocycles. The summed E-state index contributed by atoms with van der Waals surface area (Å²) in [5.41, 5.74) is 1.22. The van der Waals surface area contributed by atoms with Crippen LogP contribution < -0.4 is 9.47 Å². The Hall–Kier alpha value is -1.46. The van der Waals surface area contributed by atoms with E-state index in [2.05, 4.69) is 33.9 Å². The van der Waals surface area contributed by atoms with Crippen LogP contribution in [0.15, 0.2) is 39.4 Å². The van der Waals surface area contributed by atoms with Gasteiger partial charge in [-0.3, -0.25) is 4.90 Å². The Labute approximate surface area is 133 Å². The van der Waals surface area contributed by atoms with Gasteiger partial charge in [-0.1, -0.05) is 6.07 Å². The zero-order valence-corrected chi connectivity index (χ0v) is 14.1. The number of likely N-dealkylation sites (N-methyl/N-ethyl adjacent to an activating group) is 1. The lowest BCUT2D eigenvalue weighted by atomic mass is 10.1. The van der Waals surface area contributed by atoms with Crippen molar-refractivity contribution in [1.29, 1.82) is 0 Å². The van der Waals surface area contributed by atoms with Gasteiger partial charge in [-0.2, -0.15) is 0 Å². The summed E-state index contributed by atoms with van der Waals surface area (Å²) in [5.74, 6) is 2.49. The highest BCUT2D eigenvalue weighted by molar-refractivity contribution is 9.10. The third kappa shape index (κ3) is 4.51. The number of hydrogen-bond donors (Lipinski definition) is 0. The Bertz CT molecular complexity index is 583. The molecule has 0 atom stereocenters. The SMILES string of the molecule is COc1ccc(CCN(C)Cc2ccc(Br)o2)cc1OC. The Balaban J connectivity index is 1.90. The van der Waals surface area contributed by atoms with Crippen molar-refractivity contribution in [3.63, 3.8) is 0 Å². The summed E-state index contributed by atoms with van der Waals surface area (Å²) in [5, 5.41) is 0. The van der Waals surface area contributed by atoms with Crippen LogP contribution in [-0.4, -0.2) is 32.7 Å². The molecular formula is C16H20BrNO3. The minimum Gasteiger partial charge on any atom is -0.493 e. The summed E-state index contributed by atoms with van der Waals surface area (Å²) < 4.78 is 16.8.